The highest BCUT2D eigenvalue weighted by atomic mass is 127. The van der Waals surface area contributed by atoms with E-state index in [1.807, 2.05) is 24.5 Å². The van der Waals surface area contributed by atoms with Crippen molar-refractivity contribution in [1.82, 2.24) is 0 Å². The minimum Gasteiger partial charge on any atom is -0.388 e. The van der Waals surface area contributed by atoms with Gasteiger partial charge in [-0.3, -0.25) is 0 Å². The van der Waals surface area contributed by atoms with Gasteiger partial charge in [-0.25, -0.2) is 0 Å². The van der Waals surface area contributed by atoms with E-state index in [0.29, 0.717) is 6.42 Å². The van der Waals surface area contributed by atoms with Crippen molar-refractivity contribution in [2.75, 3.05) is 6.26 Å². The molecule has 1 atom stereocenters. The Kier molecular flexibility index (Phi) is 5.09. The molecule has 1 N–H and O–H groups in total. The van der Waals surface area contributed by atoms with E-state index in [0.717, 1.165) is 10.5 Å². The lowest BCUT2D eigenvalue weighted by atomic mass is 10.0. The minimum atomic E-state index is -0.436. The van der Waals surface area contributed by atoms with Crippen LogP contribution < -0.4 is 0 Å². The van der Waals surface area contributed by atoms with Gasteiger partial charge in [0.1, 0.15) is 0 Å². The van der Waals surface area contributed by atoms with E-state index in [-0.39, 0.29) is 0 Å². The maximum absolute atomic E-state index is 10.3. The van der Waals surface area contributed by atoms with E-state index in [1.165, 1.54) is 9.13 Å². The minimum absolute atomic E-state index is 0.436. The quantitative estimate of drug-likeness (QED) is 0.640. The molecule has 0 aliphatic rings. The highest BCUT2D eigenvalue weighted by molar-refractivity contribution is 14.1. The van der Waals surface area contributed by atoms with E-state index in [4.69, 9.17) is 0 Å². The van der Waals surface area contributed by atoms with E-state index in [1.54, 1.807) is 11.8 Å². The molecule has 0 fully saturated rings. The van der Waals surface area contributed by atoms with Gasteiger partial charge in [0.2, 0.25) is 0 Å². The molecule has 3 heteroatoms. The number of benzene rings is 2. The van der Waals surface area contributed by atoms with Crippen LogP contribution in [-0.2, 0) is 6.42 Å². The number of aliphatic hydroxyl groups excluding tert-OH is 1. The fraction of sp³-hybridized carbons (Fsp3) is 0.200. The summed E-state index contributed by atoms with van der Waals surface area (Å²) in [6.45, 7) is 0. The smallest absolute Gasteiger partial charge is 0.0841 e. The number of hydrogen-bond donors (Lipinski definition) is 1. The number of hydrogen-bond acceptors (Lipinski definition) is 2. The van der Waals surface area contributed by atoms with Gasteiger partial charge in [0, 0.05) is 14.9 Å². The van der Waals surface area contributed by atoms with Crippen LogP contribution in [0.3, 0.4) is 0 Å². The van der Waals surface area contributed by atoms with Gasteiger partial charge >= 0.3 is 0 Å². The molecular formula is C15H15IOS. The summed E-state index contributed by atoms with van der Waals surface area (Å²) in [5.41, 5.74) is 2.18. The van der Waals surface area contributed by atoms with Crippen molar-refractivity contribution in [3.8, 4) is 0 Å². The van der Waals surface area contributed by atoms with Crippen molar-refractivity contribution in [3.05, 3.63) is 63.2 Å². The SMILES string of the molecule is CSc1ccccc1C(O)Cc1ccc(I)cc1. The van der Waals surface area contributed by atoms with Gasteiger partial charge in [-0.15, -0.1) is 11.8 Å². The van der Waals surface area contributed by atoms with Crippen LogP contribution >= 0.6 is 34.4 Å². The zero-order chi connectivity index (χ0) is 13.0. The zero-order valence-corrected chi connectivity index (χ0v) is 13.1. The third kappa shape index (κ3) is 3.49. The third-order valence-electron chi connectivity index (χ3n) is 2.84. The van der Waals surface area contributed by atoms with E-state index >= 15 is 0 Å². The van der Waals surface area contributed by atoms with Crippen LogP contribution in [0, 0.1) is 3.57 Å². The van der Waals surface area contributed by atoms with Gasteiger partial charge in [0.05, 0.1) is 6.10 Å². The lowest BCUT2D eigenvalue weighted by Crippen LogP contribution is -2.03. The van der Waals surface area contributed by atoms with Crippen LogP contribution in [-0.4, -0.2) is 11.4 Å². The molecule has 18 heavy (non-hydrogen) atoms. The monoisotopic (exact) mass is 370 g/mol. The number of rotatable bonds is 4. The Morgan fingerprint density at radius 3 is 2.44 bits per heavy atom. The van der Waals surface area contributed by atoms with Gasteiger partial charge in [-0.1, -0.05) is 30.3 Å². The van der Waals surface area contributed by atoms with Crippen LogP contribution in [0.2, 0.25) is 0 Å². The van der Waals surface area contributed by atoms with Crippen molar-refractivity contribution >= 4 is 34.4 Å². The fourth-order valence-corrected chi connectivity index (χ4v) is 2.91. The Morgan fingerprint density at radius 2 is 1.78 bits per heavy atom. The average molecular weight is 370 g/mol. The molecule has 0 aliphatic heterocycles. The Balaban J connectivity index is 2.16. The number of aliphatic hydroxyl groups is 1. The molecule has 1 unspecified atom stereocenters. The van der Waals surface area contributed by atoms with Gasteiger partial charge in [0.25, 0.3) is 0 Å². The largest absolute Gasteiger partial charge is 0.388 e. The topological polar surface area (TPSA) is 20.2 Å². The van der Waals surface area contributed by atoms with Crippen LogP contribution in [0.1, 0.15) is 17.2 Å². The second kappa shape index (κ2) is 6.59. The molecule has 0 radical (unpaired) electrons. The predicted octanol–water partition coefficient (Wildman–Crippen LogP) is 4.29. The fourth-order valence-electron chi connectivity index (χ4n) is 1.90. The van der Waals surface area contributed by atoms with E-state index in [9.17, 15) is 5.11 Å². The van der Waals surface area contributed by atoms with E-state index < -0.39 is 6.10 Å². The predicted molar refractivity (Wildman–Crippen MR) is 86.0 cm³/mol. The van der Waals surface area contributed by atoms with Crippen molar-refractivity contribution in [2.45, 2.75) is 17.4 Å². The third-order valence-corrected chi connectivity index (χ3v) is 4.37. The molecule has 1 nitrogen and oxygen atoms in total. The molecule has 0 saturated carbocycles. The highest BCUT2D eigenvalue weighted by Gasteiger charge is 2.12. The molecule has 94 valence electrons. The van der Waals surface area contributed by atoms with Crippen molar-refractivity contribution in [1.29, 1.82) is 0 Å². The van der Waals surface area contributed by atoms with Gasteiger partial charge < -0.3 is 5.11 Å². The summed E-state index contributed by atoms with van der Waals surface area (Å²) in [5, 5.41) is 10.3. The molecule has 2 aromatic rings. The van der Waals surface area contributed by atoms with Crippen LogP contribution in [0.15, 0.2) is 53.4 Å². The van der Waals surface area contributed by atoms with Gasteiger partial charge in [-0.05, 0) is 58.2 Å². The highest BCUT2D eigenvalue weighted by Crippen LogP contribution is 2.27. The first-order valence-electron chi connectivity index (χ1n) is 5.76. The summed E-state index contributed by atoms with van der Waals surface area (Å²) in [5.74, 6) is 0. The molecular weight excluding hydrogens is 355 g/mol. The maximum Gasteiger partial charge on any atom is 0.0841 e. The average Bonchev–Trinajstić information content (AvgIpc) is 2.41. The van der Waals surface area contributed by atoms with Crippen molar-refractivity contribution in [3.63, 3.8) is 0 Å². The lowest BCUT2D eigenvalue weighted by molar-refractivity contribution is 0.175. The molecule has 0 amide bonds. The normalized spacial score (nSPS) is 12.4. The Bertz CT molecular complexity index is 510. The molecule has 2 aromatic carbocycles. The molecule has 0 saturated heterocycles. The molecule has 0 spiro atoms. The Hall–Kier alpha value is -0.520. The Morgan fingerprint density at radius 1 is 1.11 bits per heavy atom. The summed E-state index contributed by atoms with van der Waals surface area (Å²) in [7, 11) is 0. The van der Waals surface area contributed by atoms with Crippen LogP contribution in [0.5, 0.6) is 0 Å². The Labute approximate surface area is 126 Å². The molecule has 2 rings (SSSR count). The summed E-state index contributed by atoms with van der Waals surface area (Å²) in [4.78, 5) is 1.15. The standard InChI is InChI=1S/C15H15IOS/c1-18-15-5-3-2-4-13(15)14(17)10-11-6-8-12(16)9-7-11/h2-9,14,17H,10H2,1H3. The lowest BCUT2D eigenvalue weighted by Gasteiger charge is -2.14. The molecule has 0 aliphatic carbocycles. The first-order valence-corrected chi connectivity index (χ1v) is 8.06. The van der Waals surface area contributed by atoms with E-state index in [2.05, 4.69) is 52.9 Å². The first kappa shape index (κ1) is 13.9. The van der Waals surface area contributed by atoms with Crippen LogP contribution in [0.4, 0.5) is 0 Å². The summed E-state index contributed by atoms with van der Waals surface area (Å²) in [6, 6.07) is 16.3. The van der Waals surface area contributed by atoms with Crippen molar-refractivity contribution in [2.24, 2.45) is 0 Å². The second-order valence-electron chi connectivity index (χ2n) is 4.09. The molecule has 0 aromatic heterocycles. The summed E-state index contributed by atoms with van der Waals surface area (Å²) >= 11 is 3.96. The summed E-state index contributed by atoms with van der Waals surface area (Å²) in [6.07, 6.45) is 2.26. The zero-order valence-electron chi connectivity index (χ0n) is 10.1. The maximum atomic E-state index is 10.3. The number of thioether (sulfide) groups is 1. The van der Waals surface area contributed by atoms with Crippen molar-refractivity contribution < 1.29 is 5.11 Å². The molecule has 0 bridgehead atoms. The second-order valence-corrected chi connectivity index (χ2v) is 6.18. The first-order chi connectivity index (χ1) is 8.70. The number of halogens is 1. The van der Waals surface area contributed by atoms with Crippen LogP contribution in [0.25, 0.3) is 0 Å². The summed E-state index contributed by atoms with van der Waals surface area (Å²) < 4.78 is 1.22. The molecule has 0 heterocycles. The van der Waals surface area contributed by atoms with Gasteiger partial charge in [-0.2, -0.15) is 0 Å². The van der Waals surface area contributed by atoms with Gasteiger partial charge in [0.15, 0.2) is 0 Å².